The van der Waals surface area contributed by atoms with Crippen molar-refractivity contribution in [3.05, 3.63) is 29.3 Å². The molecule has 2 nitrogen and oxygen atoms in total. The second-order valence-corrected chi connectivity index (χ2v) is 3.50. The molecule has 0 N–H and O–H groups in total. The predicted molar refractivity (Wildman–Crippen MR) is 57.1 cm³/mol. The summed E-state index contributed by atoms with van der Waals surface area (Å²) in [6, 6.07) is 5.54. The van der Waals surface area contributed by atoms with Crippen molar-refractivity contribution in [3.63, 3.8) is 0 Å². The van der Waals surface area contributed by atoms with E-state index in [1.807, 2.05) is 19.1 Å². The summed E-state index contributed by atoms with van der Waals surface area (Å²) in [5, 5.41) is 0. The standard InChI is InChI=1S/C12H16O2/c1-4-14-12-6-5-10(8-13)7-11(12)9(2)3/h5-9H,4H2,1-3H3. The third-order valence-electron chi connectivity index (χ3n) is 2.09. The first-order valence-corrected chi connectivity index (χ1v) is 4.91. The summed E-state index contributed by atoms with van der Waals surface area (Å²) in [5.74, 6) is 1.25. The number of rotatable bonds is 4. The molecule has 0 spiro atoms. The van der Waals surface area contributed by atoms with Crippen LogP contribution in [0.25, 0.3) is 0 Å². The molecule has 0 aliphatic rings. The van der Waals surface area contributed by atoms with Crippen LogP contribution in [0.15, 0.2) is 18.2 Å². The Labute approximate surface area is 84.9 Å². The van der Waals surface area contributed by atoms with Gasteiger partial charge in [-0.3, -0.25) is 4.79 Å². The van der Waals surface area contributed by atoms with Gasteiger partial charge in [0.1, 0.15) is 12.0 Å². The topological polar surface area (TPSA) is 26.3 Å². The molecule has 0 heterocycles. The van der Waals surface area contributed by atoms with Crippen LogP contribution in [0, 0.1) is 0 Å². The molecule has 0 unspecified atom stereocenters. The monoisotopic (exact) mass is 192 g/mol. The fourth-order valence-corrected chi connectivity index (χ4v) is 1.38. The van der Waals surface area contributed by atoms with Crippen molar-refractivity contribution in [3.8, 4) is 5.75 Å². The molecular weight excluding hydrogens is 176 g/mol. The maximum Gasteiger partial charge on any atom is 0.150 e. The van der Waals surface area contributed by atoms with Gasteiger partial charge in [-0.25, -0.2) is 0 Å². The summed E-state index contributed by atoms with van der Waals surface area (Å²) >= 11 is 0. The zero-order valence-electron chi connectivity index (χ0n) is 8.91. The first kappa shape index (κ1) is 10.8. The van der Waals surface area contributed by atoms with Crippen molar-refractivity contribution in [1.82, 2.24) is 0 Å². The Hall–Kier alpha value is -1.31. The lowest BCUT2D eigenvalue weighted by molar-refractivity contribution is 0.112. The second kappa shape index (κ2) is 4.80. The maximum absolute atomic E-state index is 10.6. The molecule has 14 heavy (non-hydrogen) atoms. The summed E-state index contributed by atoms with van der Waals surface area (Å²) in [6.07, 6.45) is 0.863. The third-order valence-corrected chi connectivity index (χ3v) is 2.09. The van der Waals surface area contributed by atoms with Crippen molar-refractivity contribution < 1.29 is 9.53 Å². The van der Waals surface area contributed by atoms with Crippen molar-refractivity contribution in [1.29, 1.82) is 0 Å². The van der Waals surface area contributed by atoms with Gasteiger partial charge in [0.15, 0.2) is 0 Å². The van der Waals surface area contributed by atoms with Gasteiger partial charge < -0.3 is 4.74 Å². The Bertz CT molecular complexity index is 316. The lowest BCUT2D eigenvalue weighted by Gasteiger charge is -2.13. The number of aldehydes is 1. The average molecular weight is 192 g/mol. The van der Waals surface area contributed by atoms with Crippen LogP contribution in [0.2, 0.25) is 0 Å². The van der Waals surface area contributed by atoms with E-state index in [-0.39, 0.29) is 0 Å². The van der Waals surface area contributed by atoms with Crippen molar-refractivity contribution in [2.45, 2.75) is 26.7 Å². The summed E-state index contributed by atoms with van der Waals surface area (Å²) in [4.78, 5) is 10.6. The van der Waals surface area contributed by atoms with Crippen LogP contribution >= 0.6 is 0 Å². The highest BCUT2D eigenvalue weighted by molar-refractivity contribution is 5.75. The fraction of sp³-hybridized carbons (Fsp3) is 0.417. The SMILES string of the molecule is CCOc1ccc(C=O)cc1C(C)C. The van der Waals surface area contributed by atoms with Crippen molar-refractivity contribution in [2.24, 2.45) is 0 Å². The number of hydrogen-bond acceptors (Lipinski definition) is 2. The Kier molecular flexibility index (Phi) is 3.69. The highest BCUT2D eigenvalue weighted by Crippen LogP contribution is 2.27. The normalized spacial score (nSPS) is 10.3. The summed E-state index contributed by atoms with van der Waals surface area (Å²) in [6.45, 7) is 6.79. The molecular formula is C12H16O2. The number of ether oxygens (including phenoxy) is 1. The van der Waals surface area contributed by atoms with Gasteiger partial charge in [-0.15, -0.1) is 0 Å². The quantitative estimate of drug-likeness (QED) is 0.685. The van der Waals surface area contributed by atoms with Gasteiger partial charge in [0.25, 0.3) is 0 Å². The predicted octanol–water partition coefficient (Wildman–Crippen LogP) is 3.02. The fourth-order valence-electron chi connectivity index (χ4n) is 1.38. The zero-order chi connectivity index (χ0) is 10.6. The molecule has 1 rings (SSSR count). The van der Waals surface area contributed by atoms with Gasteiger partial charge >= 0.3 is 0 Å². The lowest BCUT2D eigenvalue weighted by atomic mass is 10.00. The molecule has 0 bridgehead atoms. The van der Waals surface area contributed by atoms with Crippen molar-refractivity contribution >= 4 is 6.29 Å². The second-order valence-electron chi connectivity index (χ2n) is 3.50. The molecule has 0 atom stereocenters. The van der Waals surface area contributed by atoms with Crippen LogP contribution < -0.4 is 4.74 Å². The molecule has 76 valence electrons. The number of carbonyl (C=O) groups excluding carboxylic acids is 1. The Morgan fingerprint density at radius 3 is 2.64 bits per heavy atom. The third kappa shape index (κ3) is 2.34. The molecule has 0 radical (unpaired) electrons. The Morgan fingerprint density at radius 2 is 2.14 bits per heavy atom. The minimum absolute atomic E-state index is 0.372. The van der Waals surface area contributed by atoms with Gasteiger partial charge in [-0.2, -0.15) is 0 Å². The van der Waals surface area contributed by atoms with Gasteiger partial charge in [0.05, 0.1) is 6.61 Å². The first-order chi connectivity index (χ1) is 6.69. The molecule has 0 aliphatic carbocycles. The van der Waals surface area contributed by atoms with Crippen LogP contribution in [0.4, 0.5) is 0 Å². The smallest absolute Gasteiger partial charge is 0.150 e. The minimum Gasteiger partial charge on any atom is -0.494 e. The van der Waals surface area contributed by atoms with Crippen LogP contribution in [-0.2, 0) is 0 Å². The zero-order valence-corrected chi connectivity index (χ0v) is 8.91. The molecule has 0 aromatic heterocycles. The van der Waals surface area contributed by atoms with E-state index in [1.165, 1.54) is 0 Å². The van der Waals surface area contributed by atoms with E-state index in [1.54, 1.807) is 6.07 Å². The van der Waals surface area contributed by atoms with E-state index in [0.29, 0.717) is 18.1 Å². The van der Waals surface area contributed by atoms with Crippen LogP contribution in [0.5, 0.6) is 5.75 Å². The number of hydrogen-bond donors (Lipinski definition) is 0. The van der Waals surface area contributed by atoms with E-state index in [4.69, 9.17) is 4.74 Å². The van der Waals surface area contributed by atoms with Crippen molar-refractivity contribution in [2.75, 3.05) is 6.61 Å². The Balaban J connectivity index is 3.09. The average Bonchev–Trinajstić information content (AvgIpc) is 2.18. The highest BCUT2D eigenvalue weighted by atomic mass is 16.5. The number of benzene rings is 1. The van der Waals surface area contributed by atoms with Gasteiger partial charge in [0.2, 0.25) is 0 Å². The van der Waals surface area contributed by atoms with Crippen LogP contribution in [-0.4, -0.2) is 12.9 Å². The molecule has 0 saturated carbocycles. The molecule has 0 amide bonds. The molecule has 1 aromatic carbocycles. The highest BCUT2D eigenvalue weighted by Gasteiger charge is 2.08. The lowest BCUT2D eigenvalue weighted by Crippen LogP contribution is -1.99. The molecule has 0 saturated heterocycles. The van der Waals surface area contributed by atoms with E-state index in [9.17, 15) is 4.79 Å². The van der Waals surface area contributed by atoms with Gasteiger partial charge in [-0.1, -0.05) is 13.8 Å². The molecule has 2 heteroatoms. The first-order valence-electron chi connectivity index (χ1n) is 4.91. The Morgan fingerprint density at radius 1 is 1.43 bits per heavy atom. The molecule has 0 fully saturated rings. The largest absolute Gasteiger partial charge is 0.494 e. The van der Waals surface area contributed by atoms with Gasteiger partial charge in [0, 0.05) is 5.56 Å². The van der Waals surface area contributed by atoms with Gasteiger partial charge in [-0.05, 0) is 36.6 Å². The van der Waals surface area contributed by atoms with E-state index < -0.39 is 0 Å². The summed E-state index contributed by atoms with van der Waals surface area (Å²) in [7, 11) is 0. The summed E-state index contributed by atoms with van der Waals surface area (Å²) in [5.41, 5.74) is 1.80. The maximum atomic E-state index is 10.6. The number of carbonyl (C=O) groups is 1. The minimum atomic E-state index is 0.372. The van der Waals surface area contributed by atoms with E-state index >= 15 is 0 Å². The van der Waals surface area contributed by atoms with E-state index in [0.717, 1.165) is 17.6 Å². The van der Waals surface area contributed by atoms with Crippen LogP contribution in [0.1, 0.15) is 42.6 Å². The molecule has 1 aromatic rings. The van der Waals surface area contributed by atoms with E-state index in [2.05, 4.69) is 13.8 Å². The van der Waals surface area contributed by atoms with Crippen LogP contribution in [0.3, 0.4) is 0 Å². The molecule has 0 aliphatic heterocycles. The summed E-state index contributed by atoms with van der Waals surface area (Å²) < 4.78 is 5.48.